The normalized spacial score (nSPS) is 25.7. The van der Waals surface area contributed by atoms with Crippen LogP contribution in [0.4, 0.5) is 0 Å². The van der Waals surface area contributed by atoms with Crippen molar-refractivity contribution < 1.29 is 0 Å². The maximum absolute atomic E-state index is 3.80. The second kappa shape index (κ2) is 7.49. The average molecular weight is 254 g/mol. The Morgan fingerprint density at radius 2 is 1.72 bits per heavy atom. The third-order valence-electron chi connectivity index (χ3n) is 4.16. The van der Waals surface area contributed by atoms with Gasteiger partial charge in [0.15, 0.2) is 0 Å². The summed E-state index contributed by atoms with van der Waals surface area (Å²) in [6.07, 6.45) is 8.47. The Hall–Kier alpha value is -0.0800. The van der Waals surface area contributed by atoms with E-state index in [2.05, 4.69) is 45.1 Å². The van der Waals surface area contributed by atoms with E-state index in [1.165, 1.54) is 38.5 Å². The summed E-state index contributed by atoms with van der Waals surface area (Å²) in [6, 6.07) is 0.777. The molecule has 0 saturated heterocycles. The Morgan fingerprint density at radius 1 is 1.11 bits per heavy atom. The lowest BCUT2D eigenvalue weighted by Crippen LogP contribution is -2.43. The minimum absolute atomic E-state index is 0.379. The Bertz CT molecular complexity index is 215. The largest absolute Gasteiger partial charge is 0.313 e. The molecule has 0 heterocycles. The van der Waals surface area contributed by atoms with Gasteiger partial charge in [0, 0.05) is 19.1 Å². The standard InChI is InChI=1S/C16H34N2/c1-6-7-14-8-10-15(11-9-14)17-12-16(2,3)13-18(4)5/h14-15,17H,6-13H2,1-5H3. The highest BCUT2D eigenvalue weighted by molar-refractivity contribution is 4.81. The SMILES string of the molecule is CCCC1CCC(NCC(C)(C)CN(C)C)CC1. The van der Waals surface area contributed by atoms with Crippen LogP contribution in [-0.4, -0.2) is 38.1 Å². The smallest absolute Gasteiger partial charge is 0.00675 e. The van der Waals surface area contributed by atoms with E-state index in [4.69, 9.17) is 0 Å². The zero-order valence-corrected chi connectivity index (χ0v) is 13.3. The molecule has 2 nitrogen and oxygen atoms in total. The topological polar surface area (TPSA) is 15.3 Å². The van der Waals surface area contributed by atoms with E-state index < -0.39 is 0 Å². The van der Waals surface area contributed by atoms with Gasteiger partial charge in [0.2, 0.25) is 0 Å². The molecule has 0 aromatic heterocycles. The maximum Gasteiger partial charge on any atom is 0.00675 e. The molecule has 0 aromatic rings. The summed E-state index contributed by atoms with van der Waals surface area (Å²) in [5.74, 6) is 1.02. The summed E-state index contributed by atoms with van der Waals surface area (Å²) in [6.45, 7) is 9.35. The fourth-order valence-electron chi connectivity index (χ4n) is 3.40. The van der Waals surface area contributed by atoms with Crippen LogP contribution < -0.4 is 5.32 Å². The van der Waals surface area contributed by atoms with E-state index in [9.17, 15) is 0 Å². The highest BCUT2D eigenvalue weighted by Gasteiger charge is 2.24. The van der Waals surface area contributed by atoms with Crippen LogP contribution in [0.15, 0.2) is 0 Å². The van der Waals surface area contributed by atoms with Crippen LogP contribution in [0.3, 0.4) is 0 Å². The Balaban J connectivity index is 2.21. The molecule has 0 spiro atoms. The van der Waals surface area contributed by atoms with E-state index in [1.807, 2.05) is 0 Å². The molecule has 0 unspecified atom stereocenters. The fraction of sp³-hybridized carbons (Fsp3) is 1.00. The van der Waals surface area contributed by atoms with E-state index in [0.717, 1.165) is 25.0 Å². The van der Waals surface area contributed by atoms with Gasteiger partial charge >= 0.3 is 0 Å². The van der Waals surface area contributed by atoms with Crippen molar-refractivity contribution in [3.63, 3.8) is 0 Å². The van der Waals surface area contributed by atoms with Crippen LogP contribution in [0.25, 0.3) is 0 Å². The van der Waals surface area contributed by atoms with Gasteiger partial charge in [-0.05, 0) is 51.1 Å². The van der Waals surface area contributed by atoms with Gasteiger partial charge in [-0.3, -0.25) is 0 Å². The molecule has 1 fully saturated rings. The summed E-state index contributed by atoms with van der Waals surface area (Å²) in [7, 11) is 4.33. The second-order valence-corrected chi connectivity index (χ2v) is 7.29. The number of nitrogens with zero attached hydrogens (tertiary/aromatic N) is 1. The molecule has 0 atom stereocenters. The zero-order valence-electron chi connectivity index (χ0n) is 13.3. The first-order valence-corrected chi connectivity index (χ1v) is 7.81. The van der Waals surface area contributed by atoms with Crippen LogP contribution in [-0.2, 0) is 0 Å². The molecule has 1 N–H and O–H groups in total. The lowest BCUT2D eigenvalue weighted by atomic mass is 9.83. The minimum atomic E-state index is 0.379. The highest BCUT2D eigenvalue weighted by Crippen LogP contribution is 2.28. The van der Waals surface area contributed by atoms with Gasteiger partial charge in [-0.1, -0.05) is 33.6 Å². The molecular weight excluding hydrogens is 220 g/mol. The molecule has 108 valence electrons. The molecule has 2 heteroatoms. The minimum Gasteiger partial charge on any atom is -0.313 e. The van der Waals surface area contributed by atoms with Crippen LogP contribution >= 0.6 is 0 Å². The van der Waals surface area contributed by atoms with E-state index in [-0.39, 0.29) is 0 Å². The van der Waals surface area contributed by atoms with Gasteiger partial charge in [0.1, 0.15) is 0 Å². The number of rotatable bonds is 7. The summed E-state index contributed by atoms with van der Waals surface area (Å²) in [5.41, 5.74) is 0.379. The van der Waals surface area contributed by atoms with Crippen molar-refractivity contribution >= 4 is 0 Å². The van der Waals surface area contributed by atoms with E-state index >= 15 is 0 Å². The molecule has 0 bridgehead atoms. The van der Waals surface area contributed by atoms with Crippen molar-refractivity contribution in [2.45, 2.75) is 65.3 Å². The van der Waals surface area contributed by atoms with Crippen molar-refractivity contribution in [3.05, 3.63) is 0 Å². The number of hydrogen-bond donors (Lipinski definition) is 1. The van der Waals surface area contributed by atoms with Gasteiger partial charge < -0.3 is 10.2 Å². The van der Waals surface area contributed by atoms with Gasteiger partial charge in [-0.15, -0.1) is 0 Å². The van der Waals surface area contributed by atoms with Crippen LogP contribution in [0.5, 0.6) is 0 Å². The average Bonchev–Trinajstić information content (AvgIpc) is 2.27. The molecule has 0 aromatic carbocycles. The van der Waals surface area contributed by atoms with Crippen LogP contribution in [0, 0.1) is 11.3 Å². The van der Waals surface area contributed by atoms with Crippen molar-refractivity contribution in [2.75, 3.05) is 27.2 Å². The van der Waals surface area contributed by atoms with Gasteiger partial charge in [-0.25, -0.2) is 0 Å². The van der Waals surface area contributed by atoms with Crippen molar-refractivity contribution in [1.82, 2.24) is 10.2 Å². The molecule has 0 amide bonds. The van der Waals surface area contributed by atoms with Crippen molar-refractivity contribution in [3.8, 4) is 0 Å². The molecule has 1 aliphatic rings. The predicted molar refractivity (Wildman–Crippen MR) is 81.0 cm³/mol. The van der Waals surface area contributed by atoms with Crippen LogP contribution in [0.1, 0.15) is 59.3 Å². The molecule has 18 heavy (non-hydrogen) atoms. The van der Waals surface area contributed by atoms with Crippen molar-refractivity contribution in [2.24, 2.45) is 11.3 Å². The Kier molecular flexibility index (Phi) is 6.65. The Labute approximate surface area is 115 Å². The highest BCUT2D eigenvalue weighted by atomic mass is 15.1. The summed E-state index contributed by atoms with van der Waals surface area (Å²) >= 11 is 0. The van der Waals surface area contributed by atoms with Crippen LogP contribution in [0.2, 0.25) is 0 Å². The summed E-state index contributed by atoms with van der Waals surface area (Å²) in [4.78, 5) is 2.29. The van der Waals surface area contributed by atoms with Gasteiger partial charge in [0.05, 0.1) is 0 Å². The summed E-state index contributed by atoms with van der Waals surface area (Å²) in [5, 5.41) is 3.80. The molecular formula is C16H34N2. The molecule has 0 aliphatic heterocycles. The lowest BCUT2D eigenvalue weighted by molar-refractivity contribution is 0.206. The molecule has 1 saturated carbocycles. The maximum atomic E-state index is 3.80. The monoisotopic (exact) mass is 254 g/mol. The number of nitrogens with one attached hydrogen (secondary N) is 1. The Morgan fingerprint density at radius 3 is 2.22 bits per heavy atom. The van der Waals surface area contributed by atoms with Crippen molar-refractivity contribution in [1.29, 1.82) is 0 Å². The first-order chi connectivity index (χ1) is 8.43. The van der Waals surface area contributed by atoms with E-state index in [1.54, 1.807) is 0 Å². The third kappa shape index (κ3) is 6.19. The second-order valence-electron chi connectivity index (χ2n) is 7.29. The number of hydrogen-bond acceptors (Lipinski definition) is 2. The molecule has 0 radical (unpaired) electrons. The predicted octanol–water partition coefficient (Wildman–Crippen LogP) is 3.52. The first kappa shape index (κ1) is 16.0. The third-order valence-corrected chi connectivity index (χ3v) is 4.16. The van der Waals surface area contributed by atoms with Gasteiger partial charge in [-0.2, -0.15) is 0 Å². The molecule has 1 aliphatic carbocycles. The fourth-order valence-corrected chi connectivity index (χ4v) is 3.40. The van der Waals surface area contributed by atoms with Gasteiger partial charge in [0.25, 0.3) is 0 Å². The lowest BCUT2D eigenvalue weighted by Gasteiger charge is -2.34. The van der Waals surface area contributed by atoms with E-state index in [0.29, 0.717) is 5.41 Å². The summed E-state index contributed by atoms with van der Waals surface area (Å²) < 4.78 is 0. The first-order valence-electron chi connectivity index (χ1n) is 7.81. The quantitative estimate of drug-likeness (QED) is 0.748. The zero-order chi connectivity index (χ0) is 13.6. The molecule has 1 rings (SSSR count).